The maximum absolute atomic E-state index is 11.1. The lowest BCUT2D eigenvalue weighted by Crippen LogP contribution is -2.30. The second kappa shape index (κ2) is 3.06. The van der Waals surface area contributed by atoms with Gasteiger partial charge in [-0.25, -0.2) is 0 Å². The quantitative estimate of drug-likeness (QED) is 0.682. The summed E-state index contributed by atoms with van der Waals surface area (Å²) in [6, 6.07) is 0. The average molecular weight is 283 g/mol. The van der Waals surface area contributed by atoms with Crippen molar-refractivity contribution in [3.05, 3.63) is 8.96 Å². The highest BCUT2D eigenvalue weighted by molar-refractivity contribution is 9.14. The van der Waals surface area contributed by atoms with Crippen LogP contribution in [0.1, 0.15) is 6.92 Å². The second-order valence-electron chi connectivity index (χ2n) is 1.98. The zero-order valence-corrected chi connectivity index (χ0v) is 8.90. The molecule has 0 saturated carbocycles. The van der Waals surface area contributed by atoms with Crippen LogP contribution in [-0.4, -0.2) is 23.3 Å². The molecule has 0 saturated heterocycles. The minimum Gasteiger partial charge on any atom is -0.274 e. The van der Waals surface area contributed by atoms with E-state index in [1.807, 2.05) is 0 Å². The van der Waals surface area contributed by atoms with Gasteiger partial charge in [0, 0.05) is 6.54 Å². The number of imide groups is 1. The van der Waals surface area contributed by atoms with Gasteiger partial charge in [-0.2, -0.15) is 0 Å². The molecule has 1 heterocycles. The molecule has 0 aromatic heterocycles. The first-order valence-electron chi connectivity index (χ1n) is 3.01. The Kier molecular flexibility index (Phi) is 2.49. The van der Waals surface area contributed by atoms with Crippen molar-refractivity contribution in [2.75, 3.05) is 6.54 Å². The SMILES string of the molecule is CCN1C(=O)C(Br)=C(Br)C1=O. The van der Waals surface area contributed by atoms with Gasteiger partial charge in [-0.05, 0) is 38.8 Å². The lowest BCUT2D eigenvalue weighted by Gasteiger charge is -2.09. The number of likely N-dealkylation sites (N-methyl/N-ethyl adjacent to an activating group) is 1. The van der Waals surface area contributed by atoms with E-state index in [1.165, 1.54) is 0 Å². The summed E-state index contributed by atoms with van der Waals surface area (Å²) in [5.74, 6) is -0.547. The van der Waals surface area contributed by atoms with E-state index in [4.69, 9.17) is 0 Å². The standard InChI is InChI=1S/C6H5Br2NO2/c1-2-9-5(10)3(7)4(8)6(9)11/h2H2,1H3. The second-order valence-corrected chi connectivity index (χ2v) is 3.57. The largest absolute Gasteiger partial charge is 0.274 e. The molecule has 1 aliphatic heterocycles. The minimum absolute atomic E-state index is 0.274. The molecule has 60 valence electrons. The monoisotopic (exact) mass is 281 g/mol. The van der Waals surface area contributed by atoms with Gasteiger partial charge in [-0.1, -0.05) is 0 Å². The normalized spacial score (nSPS) is 18.6. The molecule has 0 radical (unpaired) electrons. The van der Waals surface area contributed by atoms with Gasteiger partial charge in [0.1, 0.15) is 8.96 Å². The fourth-order valence-corrected chi connectivity index (χ4v) is 1.57. The molecule has 0 N–H and O–H groups in total. The van der Waals surface area contributed by atoms with Crippen molar-refractivity contribution in [3.63, 3.8) is 0 Å². The number of hydrogen-bond donors (Lipinski definition) is 0. The van der Waals surface area contributed by atoms with Gasteiger partial charge < -0.3 is 0 Å². The third-order valence-corrected chi connectivity index (χ3v) is 3.38. The highest BCUT2D eigenvalue weighted by Gasteiger charge is 2.34. The van der Waals surface area contributed by atoms with E-state index in [9.17, 15) is 9.59 Å². The third kappa shape index (κ3) is 1.27. The van der Waals surface area contributed by atoms with Crippen LogP contribution in [0.15, 0.2) is 8.96 Å². The number of halogens is 2. The van der Waals surface area contributed by atoms with Crippen LogP contribution in [-0.2, 0) is 9.59 Å². The van der Waals surface area contributed by atoms with Crippen molar-refractivity contribution in [2.45, 2.75) is 6.92 Å². The summed E-state index contributed by atoms with van der Waals surface area (Å²) in [6.07, 6.45) is 0. The van der Waals surface area contributed by atoms with Crippen LogP contribution >= 0.6 is 31.9 Å². The van der Waals surface area contributed by atoms with Crippen molar-refractivity contribution < 1.29 is 9.59 Å². The molecule has 0 fully saturated rings. The Labute approximate surface area is 80.7 Å². The molecule has 0 bridgehead atoms. The number of carbonyl (C=O) groups is 2. The fraction of sp³-hybridized carbons (Fsp3) is 0.333. The molecule has 0 spiro atoms. The Bertz CT molecular complexity index is 235. The van der Waals surface area contributed by atoms with Crippen LogP contribution in [0.4, 0.5) is 0 Å². The minimum atomic E-state index is -0.274. The van der Waals surface area contributed by atoms with Crippen molar-refractivity contribution in [3.8, 4) is 0 Å². The first-order chi connectivity index (χ1) is 5.09. The average Bonchev–Trinajstić information content (AvgIpc) is 2.17. The molecule has 1 aliphatic rings. The Balaban J connectivity index is 3.02. The topological polar surface area (TPSA) is 37.4 Å². The smallest absolute Gasteiger partial charge is 0.269 e. The summed E-state index contributed by atoms with van der Waals surface area (Å²) >= 11 is 6.02. The van der Waals surface area contributed by atoms with Crippen LogP contribution in [0, 0.1) is 0 Å². The maximum atomic E-state index is 11.1. The van der Waals surface area contributed by atoms with E-state index in [2.05, 4.69) is 31.9 Å². The van der Waals surface area contributed by atoms with Crippen molar-refractivity contribution >= 4 is 43.7 Å². The van der Waals surface area contributed by atoms with E-state index in [0.29, 0.717) is 15.5 Å². The molecule has 3 nitrogen and oxygen atoms in total. The van der Waals surface area contributed by atoms with Gasteiger partial charge in [0.05, 0.1) is 0 Å². The molecule has 0 atom stereocenters. The highest BCUT2D eigenvalue weighted by atomic mass is 79.9. The van der Waals surface area contributed by atoms with Gasteiger partial charge >= 0.3 is 0 Å². The van der Waals surface area contributed by atoms with E-state index >= 15 is 0 Å². The van der Waals surface area contributed by atoms with Gasteiger partial charge in [0.2, 0.25) is 0 Å². The summed E-state index contributed by atoms with van der Waals surface area (Å²) in [6.45, 7) is 2.16. The zero-order chi connectivity index (χ0) is 8.59. The lowest BCUT2D eigenvalue weighted by molar-refractivity contribution is -0.136. The highest BCUT2D eigenvalue weighted by Crippen LogP contribution is 2.28. The number of amides is 2. The zero-order valence-electron chi connectivity index (χ0n) is 5.73. The molecule has 0 aromatic rings. The van der Waals surface area contributed by atoms with Crippen LogP contribution < -0.4 is 0 Å². The fourth-order valence-electron chi connectivity index (χ4n) is 0.804. The van der Waals surface area contributed by atoms with E-state index in [1.54, 1.807) is 6.92 Å². The summed E-state index contributed by atoms with van der Waals surface area (Å²) in [5, 5.41) is 0. The van der Waals surface area contributed by atoms with Crippen molar-refractivity contribution in [2.24, 2.45) is 0 Å². The Hall–Kier alpha value is -0.160. The van der Waals surface area contributed by atoms with Crippen molar-refractivity contribution in [1.29, 1.82) is 0 Å². The number of carbonyl (C=O) groups excluding carboxylic acids is 2. The van der Waals surface area contributed by atoms with Gasteiger partial charge in [-0.3, -0.25) is 14.5 Å². The molecule has 1 rings (SSSR count). The Morgan fingerprint density at radius 1 is 1.18 bits per heavy atom. The summed E-state index contributed by atoms with van der Waals surface area (Å²) in [4.78, 5) is 23.4. The molecule has 0 aromatic carbocycles. The van der Waals surface area contributed by atoms with E-state index in [-0.39, 0.29) is 11.8 Å². The number of nitrogens with zero attached hydrogens (tertiary/aromatic N) is 1. The van der Waals surface area contributed by atoms with Gasteiger partial charge in [-0.15, -0.1) is 0 Å². The van der Waals surface area contributed by atoms with Gasteiger partial charge in [0.15, 0.2) is 0 Å². The molecule has 0 unspecified atom stereocenters. The molecule has 2 amide bonds. The predicted octanol–water partition coefficient (Wildman–Crippen LogP) is 1.38. The predicted molar refractivity (Wildman–Crippen MR) is 47.3 cm³/mol. The molecular weight excluding hydrogens is 278 g/mol. The lowest BCUT2D eigenvalue weighted by atomic mass is 10.5. The Morgan fingerprint density at radius 3 is 1.73 bits per heavy atom. The van der Waals surface area contributed by atoms with Crippen LogP contribution in [0.3, 0.4) is 0 Å². The van der Waals surface area contributed by atoms with E-state index < -0.39 is 0 Å². The Morgan fingerprint density at radius 2 is 1.55 bits per heavy atom. The third-order valence-electron chi connectivity index (χ3n) is 1.37. The first kappa shape index (κ1) is 8.93. The molecular formula is C6H5Br2NO2. The maximum Gasteiger partial charge on any atom is 0.269 e. The molecule has 11 heavy (non-hydrogen) atoms. The summed E-state index contributed by atoms with van der Waals surface area (Å²) in [5.41, 5.74) is 0. The van der Waals surface area contributed by atoms with Crippen LogP contribution in [0.5, 0.6) is 0 Å². The summed E-state index contributed by atoms with van der Waals surface area (Å²) < 4.78 is 0.619. The van der Waals surface area contributed by atoms with Crippen LogP contribution in [0.25, 0.3) is 0 Å². The number of hydrogen-bond acceptors (Lipinski definition) is 2. The number of rotatable bonds is 1. The summed E-state index contributed by atoms with van der Waals surface area (Å²) in [7, 11) is 0. The molecule has 5 heteroatoms. The van der Waals surface area contributed by atoms with Crippen molar-refractivity contribution in [1.82, 2.24) is 4.90 Å². The van der Waals surface area contributed by atoms with Crippen LogP contribution in [0.2, 0.25) is 0 Å². The van der Waals surface area contributed by atoms with Gasteiger partial charge in [0.25, 0.3) is 11.8 Å². The van der Waals surface area contributed by atoms with E-state index in [0.717, 1.165) is 4.90 Å². The molecule has 0 aliphatic carbocycles. The first-order valence-corrected chi connectivity index (χ1v) is 4.59.